The molecule has 22 heavy (non-hydrogen) atoms. The molecule has 0 spiro atoms. The van der Waals surface area contributed by atoms with Gasteiger partial charge in [-0.1, -0.05) is 0 Å². The van der Waals surface area contributed by atoms with E-state index < -0.39 is 23.3 Å². The zero-order valence-corrected chi connectivity index (χ0v) is 15.0. The Balaban J connectivity index is -0.000000326. The van der Waals surface area contributed by atoms with Crippen LogP contribution in [0.4, 0.5) is 0 Å². The number of carbonyl (C=O) groups is 2. The molecule has 0 aromatic rings. The topological polar surface area (TPSA) is 176 Å². The number of aliphatic carboxylic acids is 2. The molecule has 0 aliphatic rings. The zero-order valence-electron chi connectivity index (χ0n) is 12.8. The van der Waals surface area contributed by atoms with Crippen LogP contribution in [0, 0.1) is 11.3 Å². The Bertz CT molecular complexity index is 282. The average Bonchev–Trinajstić information content (AvgIpc) is 2.42. The summed E-state index contributed by atoms with van der Waals surface area (Å²) in [6.07, 6.45) is 0.0116. The minimum atomic E-state index is -1.59. The molecule has 0 aliphatic heterocycles. The molecule has 6 N–H and O–H groups in total. The molecule has 0 fully saturated rings. The number of nitrogens with two attached hydrogens (primary N) is 2. The van der Waals surface area contributed by atoms with Gasteiger partial charge in [0.1, 0.15) is 0 Å². The van der Waals surface area contributed by atoms with E-state index in [-0.39, 0.29) is 53.8 Å². The third-order valence-electron chi connectivity index (χ3n) is 2.97. The summed E-state index contributed by atoms with van der Waals surface area (Å²) in [6.45, 7) is 0.507. The summed E-state index contributed by atoms with van der Waals surface area (Å²) in [5.41, 5.74) is 9.81. The van der Waals surface area contributed by atoms with Gasteiger partial charge in [-0.2, -0.15) is 0 Å². The van der Waals surface area contributed by atoms with E-state index >= 15 is 0 Å². The van der Waals surface area contributed by atoms with E-state index in [4.69, 9.17) is 21.7 Å². The Kier molecular flexibility index (Phi) is 16.8. The molecule has 10 heteroatoms. The van der Waals surface area contributed by atoms with E-state index in [0.717, 1.165) is 0 Å². The number of nitrogens with zero attached hydrogens (tertiary/aromatic N) is 1. The molecule has 9 nitrogen and oxygen atoms in total. The van der Waals surface area contributed by atoms with Crippen LogP contribution in [0.25, 0.3) is 0 Å². The van der Waals surface area contributed by atoms with Gasteiger partial charge in [0.05, 0.1) is 25.2 Å². The Labute approximate surface area is 144 Å². The van der Waals surface area contributed by atoms with Crippen LogP contribution in [0.1, 0.15) is 6.42 Å². The Morgan fingerprint density at radius 2 is 1.45 bits per heavy atom. The van der Waals surface area contributed by atoms with Gasteiger partial charge in [0.25, 0.3) is 0 Å². The smallest absolute Gasteiger partial charge is 0.549 e. The summed E-state index contributed by atoms with van der Waals surface area (Å²) in [5.74, 6) is -4.68. The summed E-state index contributed by atoms with van der Waals surface area (Å²) in [5, 5.41) is 37.7. The molecule has 0 heterocycles. The Morgan fingerprint density at radius 1 is 1.09 bits per heavy atom. The van der Waals surface area contributed by atoms with Crippen LogP contribution in [0.2, 0.25) is 0 Å². The van der Waals surface area contributed by atoms with Gasteiger partial charge in [0.2, 0.25) is 0 Å². The number of rotatable bonds is 9. The number of aliphatic hydroxyl groups excluding tert-OH is 2. The van der Waals surface area contributed by atoms with Crippen molar-refractivity contribution in [2.24, 2.45) is 22.8 Å². The largest absolute Gasteiger partial charge is 2.00 e. The Morgan fingerprint density at radius 3 is 1.59 bits per heavy atom. The van der Waals surface area contributed by atoms with Crippen molar-refractivity contribution < 1.29 is 51.1 Å². The predicted molar refractivity (Wildman–Crippen MR) is 71.4 cm³/mol. The maximum Gasteiger partial charge on any atom is 2.00 e. The normalized spacial score (nSPS) is 10.7. The first-order valence-corrected chi connectivity index (χ1v) is 6.38. The average molecular weight is 502 g/mol. The van der Waals surface area contributed by atoms with Crippen molar-refractivity contribution in [1.29, 1.82) is 0 Å². The van der Waals surface area contributed by atoms with Gasteiger partial charge >= 0.3 is 21.1 Å². The molecule has 0 radical (unpaired) electrons. The summed E-state index contributed by atoms with van der Waals surface area (Å²) < 4.78 is 0. The fourth-order valence-electron chi connectivity index (χ4n) is 1.11. The maximum absolute atomic E-state index is 10.2. The van der Waals surface area contributed by atoms with Gasteiger partial charge in [-0.25, -0.2) is 0 Å². The molecule has 0 amide bonds. The number of carbonyl (C=O) groups excluding carboxylic acids is 2. The second kappa shape index (κ2) is 14.0. The minimum absolute atomic E-state index is 0. The quantitative estimate of drug-likeness (QED) is 0.225. The molecular formula is C12H25N3O6Pt. The molecule has 0 unspecified atom stereocenters. The third-order valence-corrected chi connectivity index (χ3v) is 2.97. The second-order valence-electron chi connectivity index (χ2n) is 5.01. The standard InChI is InChI=1S/C7H13NO4.C5H14N2O2.Pt/c1-8(2)4-3-5(6(9)10)7(11)12;6-1-5(2-7,3-8)4-9;/h5H,3-4H2,1-2H3,(H,9,10)(H,11,12);8-9H,1-4,6-7H2;/q;;+2/p-2. The molecule has 0 aliphatic carbocycles. The van der Waals surface area contributed by atoms with E-state index in [0.29, 0.717) is 6.54 Å². The van der Waals surface area contributed by atoms with E-state index in [1.54, 1.807) is 19.0 Å². The third kappa shape index (κ3) is 11.1. The summed E-state index contributed by atoms with van der Waals surface area (Å²) in [4.78, 5) is 22.1. The number of hydrogen-bond donors (Lipinski definition) is 4. The zero-order chi connectivity index (χ0) is 17.1. The molecule has 0 aromatic carbocycles. The van der Waals surface area contributed by atoms with Gasteiger partial charge in [-0.15, -0.1) is 0 Å². The van der Waals surface area contributed by atoms with E-state index in [9.17, 15) is 19.8 Å². The Hall–Kier alpha value is -0.572. The summed E-state index contributed by atoms with van der Waals surface area (Å²) in [7, 11) is 3.45. The second-order valence-corrected chi connectivity index (χ2v) is 5.01. The van der Waals surface area contributed by atoms with E-state index in [2.05, 4.69) is 0 Å². The van der Waals surface area contributed by atoms with Gasteiger partial charge in [0.15, 0.2) is 0 Å². The number of aliphatic hydroxyl groups is 2. The molecule has 0 aromatic heterocycles. The fourth-order valence-corrected chi connectivity index (χ4v) is 1.11. The van der Waals surface area contributed by atoms with Crippen LogP contribution in [0.15, 0.2) is 0 Å². The van der Waals surface area contributed by atoms with Crippen molar-refractivity contribution in [3.8, 4) is 0 Å². The van der Waals surface area contributed by atoms with Gasteiger partial charge < -0.3 is 46.4 Å². The van der Waals surface area contributed by atoms with Crippen molar-refractivity contribution in [3.05, 3.63) is 0 Å². The fraction of sp³-hybridized carbons (Fsp3) is 0.833. The van der Waals surface area contributed by atoms with Crippen LogP contribution < -0.4 is 21.7 Å². The first-order valence-electron chi connectivity index (χ1n) is 6.38. The van der Waals surface area contributed by atoms with Crippen LogP contribution in [0.3, 0.4) is 0 Å². The van der Waals surface area contributed by atoms with Crippen molar-refractivity contribution in [2.45, 2.75) is 6.42 Å². The molecule has 0 rings (SSSR count). The number of hydrogen-bond acceptors (Lipinski definition) is 9. The monoisotopic (exact) mass is 502 g/mol. The maximum atomic E-state index is 10.2. The molecule has 0 saturated heterocycles. The van der Waals surface area contributed by atoms with Crippen LogP contribution in [0.5, 0.6) is 0 Å². The van der Waals surface area contributed by atoms with Crippen LogP contribution >= 0.6 is 0 Å². The summed E-state index contributed by atoms with van der Waals surface area (Å²) >= 11 is 0. The molecule has 134 valence electrons. The van der Waals surface area contributed by atoms with Crippen molar-refractivity contribution >= 4 is 11.9 Å². The molecule has 0 saturated carbocycles. The number of carboxylic acid groups (broad SMARTS) is 2. The van der Waals surface area contributed by atoms with E-state index in [1.165, 1.54) is 0 Å². The van der Waals surface area contributed by atoms with Gasteiger partial charge in [-0.3, -0.25) is 0 Å². The predicted octanol–water partition coefficient (Wildman–Crippen LogP) is -5.07. The van der Waals surface area contributed by atoms with Crippen molar-refractivity contribution in [2.75, 3.05) is 46.9 Å². The van der Waals surface area contributed by atoms with Crippen molar-refractivity contribution in [3.63, 3.8) is 0 Å². The molecule has 0 bridgehead atoms. The van der Waals surface area contributed by atoms with Crippen molar-refractivity contribution in [1.82, 2.24) is 4.90 Å². The minimum Gasteiger partial charge on any atom is -0.549 e. The number of carboxylic acids is 2. The SMILES string of the molecule is CN(C)CCC(C(=O)[O-])C(=O)[O-].NCC(CN)(CO)CO.[Pt+2]. The van der Waals surface area contributed by atoms with Crippen LogP contribution in [-0.4, -0.2) is 74.0 Å². The first kappa shape index (κ1) is 26.3. The van der Waals surface area contributed by atoms with Crippen LogP contribution in [-0.2, 0) is 30.7 Å². The first-order chi connectivity index (χ1) is 9.69. The molecule has 0 atom stereocenters. The van der Waals surface area contributed by atoms with Gasteiger partial charge in [-0.05, 0) is 27.1 Å². The molecular weight excluding hydrogens is 477 g/mol. The van der Waals surface area contributed by atoms with Gasteiger partial charge in [0, 0.05) is 24.4 Å². The van der Waals surface area contributed by atoms with E-state index in [1.807, 2.05) is 0 Å². The summed E-state index contributed by atoms with van der Waals surface area (Å²) in [6, 6.07) is 0.